The van der Waals surface area contributed by atoms with Gasteiger partial charge in [0, 0.05) is 6.42 Å². The summed E-state index contributed by atoms with van der Waals surface area (Å²) in [5, 5.41) is 14.5. The van der Waals surface area contributed by atoms with Crippen LogP contribution in [0.25, 0.3) is 0 Å². The molecule has 186 valence electrons. The maximum atomic E-state index is 6.48. The van der Waals surface area contributed by atoms with E-state index in [0.717, 1.165) is 16.7 Å². The fraction of sp³-hybridized carbons (Fsp3) is 0.321. The van der Waals surface area contributed by atoms with Crippen molar-refractivity contribution in [3.63, 3.8) is 0 Å². The largest absolute Gasteiger partial charge is 0.374 e. The molecular formula is C28H30N4O4. The second kappa shape index (κ2) is 12.5. The molecule has 4 atom stereocenters. The number of H-pyrrole nitrogens is 1. The summed E-state index contributed by atoms with van der Waals surface area (Å²) in [6.45, 7) is 1.77. The zero-order valence-electron chi connectivity index (χ0n) is 20.0. The summed E-state index contributed by atoms with van der Waals surface area (Å²) in [5.41, 5.74) is 3.28. The lowest BCUT2D eigenvalue weighted by Gasteiger charge is -2.25. The number of hydrogen-bond acceptors (Lipinski definition) is 7. The average Bonchev–Trinajstić information content (AvgIpc) is 3.56. The van der Waals surface area contributed by atoms with E-state index < -0.39 is 0 Å². The quantitative estimate of drug-likeness (QED) is 0.325. The van der Waals surface area contributed by atoms with E-state index in [9.17, 15) is 0 Å². The number of aromatic amines is 1. The van der Waals surface area contributed by atoms with E-state index in [2.05, 4.69) is 20.6 Å². The zero-order valence-corrected chi connectivity index (χ0v) is 20.0. The molecule has 8 heteroatoms. The Bertz CT molecular complexity index is 1150. The van der Waals surface area contributed by atoms with Crippen LogP contribution in [0.1, 0.15) is 22.5 Å². The minimum absolute atomic E-state index is 0.308. The Hall–Kier alpha value is -3.43. The van der Waals surface area contributed by atoms with Crippen LogP contribution in [0, 0.1) is 0 Å². The fourth-order valence-electron chi connectivity index (χ4n) is 4.35. The molecule has 1 fully saturated rings. The lowest BCUT2D eigenvalue weighted by Crippen LogP contribution is -2.39. The van der Waals surface area contributed by atoms with Gasteiger partial charge in [-0.1, -0.05) is 96.2 Å². The third-order valence-corrected chi connectivity index (χ3v) is 6.14. The molecule has 0 amide bonds. The second-order valence-corrected chi connectivity index (χ2v) is 8.77. The molecule has 0 spiro atoms. The van der Waals surface area contributed by atoms with Crippen molar-refractivity contribution in [2.75, 3.05) is 6.61 Å². The summed E-state index contributed by atoms with van der Waals surface area (Å²) in [6, 6.07) is 30.3. The minimum atomic E-state index is -0.335. The van der Waals surface area contributed by atoms with Gasteiger partial charge in [0.25, 0.3) is 0 Å². The molecule has 8 nitrogen and oxygen atoms in total. The molecule has 5 rings (SSSR count). The van der Waals surface area contributed by atoms with Gasteiger partial charge in [-0.15, -0.1) is 10.2 Å². The van der Waals surface area contributed by atoms with Gasteiger partial charge in [0.2, 0.25) is 0 Å². The highest BCUT2D eigenvalue weighted by atomic mass is 16.6. The van der Waals surface area contributed by atoms with E-state index in [4.69, 9.17) is 18.9 Å². The van der Waals surface area contributed by atoms with Gasteiger partial charge in [0.15, 0.2) is 5.82 Å². The van der Waals surface area contributed by atoms with E-state index in [-0.39, 0.29) is 24.4 Å². The van der Waals surface area contributed by atoms with Crippen LogP contribution in [0.5, 0.6) is 0 Å². The molecule has 0 saturated carbocycles. The normalized spacial score (nSPS) is 21.6. The fourth-order valence-corrected chi connectivity index (χ4v) is 4.35. The molecule has 1 saturated heterocycles. The highest BCUT2D eigenvalue weighted by Crippen LogP contribution is 2.30. The van der Waals surface area contributed by atoms with Crippen molar-refractivity contribution in [3.8, 4) is 0 Å². The summed E-state index contributed by atoms with van der Waals surface area (Å²) in [6.07, 6.45) is -0.831. The molecule has 36 heavy (non-hydrogen) atoms. The zero-order chi connectivity index (χ0) is 24.4. The van der Waals surface area contributed by atoms with Crippen LogP contribution in [0.4, 0.5) is 0 Å². The number of ether oxygens (including phenoxy) is 4. The van der Waals surface area contributed by atoms with Crippen molar-refractivity contribution in [1.29, 1.82) is 0 Å². The van der Waals surface area contributed by atoms with Gasteiger partial charge in [-0.25, -0.2) is 0 Å². The first-order valence-corrected chi connectivity index (χ1v) is 12.2. The van der Waals surface area contributed by atoms with Crippen LogP contribution >= 0.6 is 0 Å². The minimum Gasteiger partial charge on any atom is -0.374 e. The molecule has 0 aliphatic carbocycles. The number of nitrogens with zero attached hydrogens (tertiary/aromatic N) is 3. The maximum Gasteiger partial charge on any atom is 0.177 e. The highest BCUT2D eigenvalue weighted by Gasteiger charge is 2.46. The van der Waals surface area contributed by atoms with Gasteiger partial charge in [0.05, 0.1) is 32.5 Å². The summed E-state index contributed by atoms with van der Waals surface area (Å²) >= 11 is 0. The first-order chi connectivity index (χ1) is 17.8. The lowest BCUT2D eigenvalue weighted by atomic mass is 10.0. The van der Waals surface area contributed by atoms with Crippen LogP contribution in [0.15, 0.2) is 91.0 Å². The standard InChI is InChI=1S/C28H30N4O4/c1-4-10-21(11-5-1)17-33-20-25-28(35-19-23-14-8-3-9-15-23)27(34-18-22-12-6-2-7-13-22)24(36-25)16-26-29-31-32-30-26/h1-15,24-25,27-28H,16-20H2,(H,29,30,31,32)/t24-,25+,27?,28?/m0/s1. The summed E-state index contributed by atoms with van der Waals surface area (Å²) in [7, 11) is 0. The Morgan fingerprint density at radius 2 is 1.19 bits per heavy atom. The average molecular weight is 487 g/mol. The Labute approximate surface area is 210 Å². The Balaban J connectivity index is 1.32. The molecule has 2 heterocycles. The molecule has 1 aliphatic heterocycles. The first kappa shape index (κ1) is 24.3. The third-order valence-electron chi connectivity index (χ3n) is 6.14. The van der Waals surface area contributed by atoms with E-state index in [1.54, 1.807) is 0 Å². The Morgan fingerprint density at radius 3 is 1.72 bits per heavy atom. The number of aromatic nitrogens is 4. The molecule has 1 aromatic heterocycles. The van der Waals surface area contributed by atoms with Crippen molar-refractivity contribution in [2.24, 2.45) is 0 Å². The Morgan fingerprint density at radius 1 is 0.667 bits per heavy atom. The van der Waals surface area contributed by atoms with Gasteiger partial charge in [-0.2, -0.15) is 5.21 Å². The van der Waals surface area contributed by atoms with Crippen molar-refractivity contribution >= 4 is 0 Å². The van der Waals surface area contributed by atoms with E-state index in [0.29, 0.717) is 38.7 Å². The third kappa shape index (κ3) is 6.61. The molecule has 4 aromatic rings. The maximum absolute atomic E-state index is 6.48. The van der Waals surface area contributed by atoms with E-state index in [1.807, 2.05) is 91.0 Å². The number of tetrazole rings is 1. The summed E-state index contributed by atoms with van der Waals surface area (Å²) < 4.78 is 25.5. The van der Waals surface area contributed by atoms with Gasteiger partial charge in [0.1, 0.15) is 18.3 Å². The van der Waals surface area contributed by atoms with Crippen LogP contribution in [0.2, 0.25) is 0 Å². The molecule has 0 bridgehead atoms. The van der Waals surface area contributed by atoms with Gasteiger partial charge in [-0.05, 0) is 16.7 Å². The number of rotatable bonds is 12. The topological polar surface area (TPSA) is 91.4 Å². The van der Waals surface area contributed by atoms with Crippen molar-refractivity contribution in [3.05, 3.63) is 114 Å². The van der Waals surface area contributed by atoms with Gasteiger partial charge in [-0.3, -0.25) is 0 Å². The van der Waals surface area contributed by atoms with Crippen LogP contribution in [0.3, 0.4) is 0 Å². The van der Waals surface area contributed by atoms with Crippen LogP contribution < -0.4 is 0 Å². The highest BCUT2D eigenvalue weighted by molar-refractivity contribution is 5.15. The lowest BCUT2D eigenvalue weighted by molar-refractivity contribution is -0.0898. The van der Waals surface area contributed by atoms with Crippen molar-refractivity contribution in [1.82, 2.24) is 20.6 Å². The van der Waals surface area contributed by atoms with Crippen molar-refractivity contribution in [2.45, 2.75) is 50.7 Å². The second-order valence-electron chi connectivity index (χ2n) is 8.77. The summed E-state index contributed by atoms with van der Waals surface area (Å²) in [5.74, 6) is 0.570. The molecule has 1 aliphatic rings. The monoisotopic (exact) mass is 486 g/mol. The number of benzene rings is 3. The van der Waals surface area contributed by atoms with E-state index >= 15 is 0 Å². The van der Waals surface area contributed by atoms with Crippen LogP contribution in [-0.4, -0.2) is 51.6 Å². The van der Waals surface area contributed by atoms with Gasteiger partial charge >= 0.3 is 0 Å². The smallest absolute Gasteiger partial charge is 0.177 e. The SMILES string of the molecule is c1ccc(COC[C@H]2O[C@@H](Cc3nn[nH]n3)C(OCc3ccccc3)C2OCc2ccccc2)cc1. The Kier molecular flexibility index (Phi) is 8.43. The molecule has 2 unspecified atom stereocenters. The first-order valence-electron chi connectivity index (χ1n) is 12.2. The molecular weight excluding hydrogens is 456 g/mol. The predicted molar refractivity (Wildman–Crippen MR) is 133 cm³/mol. The molecule has 0 radical (unpaired) electrons. The summed E-state index contributed by atoms with van der Waals surface area (Å²) in [4.78, 5) is 0. The number of hydrogen-bond donors (Lipinski definition) is 1. The van der Waals surface area contributed by atoms with Crippen molar-refractivity contribution < 1.29 is 18.9 Å². The van der Waals surface area contributed by atoms with Gasteiger partial charge < -0.3 is 18.9 Å². The molecule has 3 aromatic carbocycles. The number of nitrogens with one attached hydrogen (secondary N) is 1. The van der Waals surface area contributed by atoms with E-state index in [1.165, 1.54) is 0 Å². The van der Waals surface area contributed by atoms with Crippen LogP contribution in [-0.2, 0) is 45.2 Å². The predicted octanol–water partition coefficient (Wildman–Crippen LogP) is 3.90. The molecule has 1 N–H and O–H groups in total.